The Kier molecular flexibility index (Phi) is 5.13. The van der Waals surface area contributed by atoms with E-state index in [-0.39, 0.29) is 18.4 Å². The van der Waals surface area contributed by atoms with Gasteiger partial charge >= 0.3 is 0 Å². The molecule has 80 valence electrons. The fourth-order valence-corrected chi connectivity index (χ4v) is 1.52. The summed E-state index contributed by atoms with van der Waals surface area (Å²) in [6.45, 7) is 3.77. The summed E-state index contributed by atoms with van der Waals surface area (Å²) in [4.78, 5) is 0. The maximum atomic E-state index is 10.2. The lowest BCUT2D eigenvalue weighted by Crippen LogP contribution is -2.42. The molecule has 2 nitrogen and oxygen atoms in total. The minimum Gasteiger partial charge on any atom is -0.384 e. The maximum absolute atomic E-state index is 10.2. The highest BCUT2D eigenvalue weighted by atomic mass is 35.5. The van der Waals surface area contributed by atoms with Crippen LogP contribution in [0.2, 0.25) is 0 Å². The van der Waals surface area contributed by atoms with E-state index in [1.165, 1.54) is 0 Å². The number of benzene rings is 1. The molecule has 0 saturated carbocycles. The summed E-state index contributed by atoms with van der Waals surface area (Å²) in [5, 5.41) is 10.2. The zero-order valence-corrected chi connectivity index (χ0v) is 9.42. The second kappa shape index (κ2) is 5.35. The molecule has 3 heteroatoms. The van der Waals surface area contributed by atoms with Crippen molar-refractivity contribution in [3.05, 3.63) is 35.9 Å². The van der Waals surface area contributed by atoms with Crippen molar-refractivity contribution in [2.24, 2.45) is 5.73 Å². The molecule has 2 atom stereocenters. The molecule has 0 aliphatic rings. The van der Waals surface area contributed by atoms with Gasteiger partial charge in [0.2, 0.25) is 0 Å². The van der Waals surface area contributed by atoms with Crippen molar-refractivity contribution in [1.29, 1.82) is 0 Å². The van der Waals surface area contributed by atoms with Gasteiger partial charge in [0, 0.05) is 6.04 Å². The molecule has 0 amide bonds. The van der Waals surface area contributed by atoms with Crippen LogP contribution in [-0.4, -0.2) is 11.1 Å². The third-order valence-electron chi connectivity index (χ3n) is 2.57. The first-order valence-corrected chi connectivity index (χ1v) is 4.64. The van der Waals surface area contributed by atoms with Gasteiger partial charge in [0.1, 0.15) is 5.60 Å². The average molecular weight is 216 g/mol. The van der Waals surface area contributed by atoms with Gasteiger partial charge in [-0.05, 0) is 18.9 Å². The third-order valence-corrected chi connectivity index (χ3v) is 2.57. The van der Waals surface area contributed by atoms with Gasteiger partial charge in [-0.2, -0.15) is 0 Å². The largest absolute Gasteiger partial charge is 0.384 e. The SMILES string of the molecule is CCC(O)(c1ccccc1)C(C)N.Cl. The Morgan fingerprint density at radius 3 is 2.21 bits per heavy atom. The Labute approximate surface area is 91.5 Å². The van der Waals surface area contributed by atoms with Crippen molar-refractivity contribution in [3.63, 3.8) is 0 Å². The van der Waals surface area contributed by atoms with Crippen LogP contribution in [0.25, 0.3) is 0 Å². The lowest BCUT2D eigenvalue weighted by Gasteiger charge is -2.31. The highest BCUT2D eigenvalue weighted by Crippen LogP contribution is 2.27. The van der Waals surface area contributed by atoms with Crippen molar-refractivity contribution >= 4 is 12.4 Å². The molecule has 0 radical (unpaired) electrons. The summed E-state index contributed by atoms with van der Waals surface area (Å²) in [5.41, 5.74) is 5.77. The van der Waals surface area contributed by atoms with Gasteiger partial charge in [0.15, 0.2) is 0 Å². The van der Waals surface area contributed by atoms with Crippen LogP contribution in [0.15, 0.2) is 30.3 Å². The number of rotatable bonds is 3. The van der Waals surface area contributed by atoms with Gasteiger partial charge in [-0.1, -0.05) is 37.3 Å². The molecule has 0 aliphatic carbocycles. The van der Waals surface area contributed by atoms with Gasteiger partial charge < -0.3 is 10.8 Å². The first-order valence-electron chi connectivity index (χ1n) is 4.64. The van der Waals surface area contributed by atoms with Crippen molar-refractivity contribution in [3.8, 4) is 0 Å². The Morgan fingerprint density at radius 2 is 1.86 bits per heavy atom. The van der Waals surface area contributed by atoms with Crippen LogP contribution in [0, 0.1) is 0 Å². The minimum atomic E-state index is -0.888. The fourth-order valence-electron chi connectivity index (χ4n) is 1.52. The molecule has 0 aromatic heterocycles. The molecular weight excluding hydrogens is 198 g/mol. The molecule has 0 aliphatic heterocycles. The van der Waals surface area contributed by atoms with Gasteiger partial charge in [-0.15, -0.1) is 12.4 Å². The molecule has 0 bridgehead atoms. The van der Waals surface area contributed by atoms with E-state index in [9.17, 15) is 5.11 Å². The highest BCUT2D eigenvalue weighted by molar-refractivity contribution is 5.85. The fraction of sp³-hybridized carbons (Fsp3) is 0.455. The molecule has 3 N–H and O–H groups in total. The van der Waals surface area contributed by atoms with E-state index in [1.807, 2.05) is 44.2 Å². The molecule has 1 rings (SSSR count). The summed E-state index contributed by atoms with van der Waals surface area (Å²) >= 11 is 0. The molecule has 0 fully saturated rings. The van der Waals surface area contributed by atoms with Crippen LogP contribution < -0.4 is 5.73 Å². The topological polar surface area (TPSA) is 46.2 Å². The van der Waals surface area contributed by atoms with E-state index in [1.54, 1.807) is 0 Å². The third kappa shape index (κ3) is 2.47. The Balaban J connectivity index is 0.00000169. The first-order chi connectivity index (χ1) is 6.11. The van der Waals surface area contributed by atoms with Crippen LogP contribution in [0.1, 0.15) is 25.8 Å². The summed E-state index contributed by atoms with van der Waals surface area (Å²) in [6, 6.07) is 9.33. The van der Waals surface area contributed by atoms with Crippen molar-refractivity contribution < 1.29 is 5.11 Å². The molecule has 1 aromatic carbocycles. The van der Waals surface area contributed by atoms with E-state index < -0.39 is 5.60 Å². The summed E-state index contributed by atoms with van der Waals surface area (Å²) in [5.74, 6) is 0. The number of hydrogen-bond donors (Lipinski definition) is 2. The average Bonchev–Trinajstić information content (AvgIpc) is 2.17. The van der Waals surface area contributed by atoms with E-state index in [0.717, 1.165) is 5.56 Å². The summed E-state index contributed by atoms with van der Waals surface area (Å²) in [7, 11) is 0. The van der Waals surface area contributed by atoms with E-state index in [2.05, 4.69) is 0 Å². The maximum Gasteiger partial charge on any atom is 0.104 e. The Bertz CT molecular complexity index is 263. The van der Waals surface area contributed by atoms with E-state index in [4.69, 9.17) is 5.73 Å². The molecule has 0 spiro atoms. The molecule has 2 unspecified atom stereocenters. The van der Waals surface area contributed by atoms with Crippen LogP contribution in [0.4, 0.5) is 0 Å². The second-order valence-electron chi connectivity index (χ2n) is 3.43. The van der Waals surface area contributed by atoms with Crippen molar-refractivity contribution in [2.45, 2.75) is 31.9 Å². The Morgan fingerprint density at radius 1 is 1.36 bits per heavy atom. The second-order valence-corrected chi connectivity index (χ2v) is 3.43. The van der Waals surface area contributed by atoms with E-state index in [0.29, 0.717) is 6.42 Å². The van der Waals surface area contributed by atoms with Gasteiger partial charge in [-0.25, -0.2) is 0 Å². The first kappa shape index (κ1) is 13.4. The smallest absolute Gasteiger partial charge is 0.104 e. The monoisotopic (exact) mass is 215 g/mol. The molecule has 0 heterocycles. The number of aliphatic hydroxyl groups is 1. The van der Waals surface area contributed by atoms with Crippen LogP contribution in [-0.2, 0) is 5.60 Å². The molecular formula is C11H18ClNO. The van der Waals surface area contributed by atoms with Gasteiger partial charge in [-0.3, -0.25) is 0 Å². The minimum absolute atomic E-state index is 0. The van der Waals surface area contributed by atoms with Gasteiger partial charge in [0.05, 0.1) is 0 Å². The normalized spacial score (nSPS) is 16.6. The molecule has 1 aromatic rings. The van der Waals surface area contributed by atoms with Crippen LogP contribution in [0.3, 0.4) is 0 Å². The zero-order chi connectivity index (χ0) is 9.90. The summed E-state index contributed by atoms with van der Waals surface area (Å²) in [6.07, 6.45) is 0.634. The van der Waals surface area contributed by atoms with Crippen molar-refractivity contribution in [1.82, 2.24) is 0 Å². The lowest BCUT2D eigenvalue weighted by atomic mass is 9.85. The zero-order valence-electron chi connectivity index (χ0n) is 8.60. The quantitative estimate of drug-likeness (QED) is 0.811. The highest BCUT2D eigenvalue weighted by Gasteiger charge is 2.30. The molecule has 14 heavy (non-hydrogen) atoms. The number of nitrogens with two attached hydrogens (primary N) is 1. The standard InChI is InChI=1S/C11H17NO.ClH/c1-3-11(13,9(2)12)10-7-5-4-6-8-10;/h4-9,13H,3,12H2,1-2H3;1H. The van der Waals surface area contributed by atoms with E-state index >= 15 is 0 Å². The van der Waals surface area contributed by atoms with Gasteiger partial charge in [0.25, 0.3) is 0 Å². The lowest BCUT2D eigenvalue weighted by molar-refractivity contribution is 0.0111. The number of halogens is 1. The van der Waals surface area contributed by atoms with Crippen LogP contribution in [0.5, 0.6) is 0 Å². The number of hydrogen-bond acceptors (Lipinski definition) is 2. The Hall–Kier alpha value is -0.570. The van der Waals surface area contributed by atoms with Crippen molar-refractivity contribution in [2.75, 3.05) is 0 Å². The summed E-state index contributed by atoms with van der Waals surface area (Å²) < 4.78 is 0. The molecule has 0 saturated heterocycles. The predicted octanol–water partition coefficient (Wildman–Crippen LogP) is 2.05. The van der Waals surface area contributed by atoms with Crippen LogP contribution >= 0.6 is 12.4 Å². The predicted molar refractivity (Wildman–Crippen MR) is 61.5 cm³/mol.